The predicted molar refractivity (Wildman–Crippen MR) is 99.3 cm³/mol. The molecular weight excluding hydrogens is 361 g/mol. The van der Waals surface area contributed by atoms with Gasteiger partial charge in [0.2, 0.25) is 0 Å². The van der Waals surface area contributed by atoms with Crippen LogP contribution in [0.15, 0.2) is 36.5 Å². The topological polar surface area (TPSA) is 67.2 Å². The number of methoxy groups -OCH3 is 2. The van der Waals surface area contributed by atoms with Crippen molar-refractivity contribution < 1.29 is 9.47 Å². The van der Waals surface area contributed by atoms with Gasteiger partial charge in [0.25, 0.3) is 0 Å². The van der Waals surface area contributed by atoms with E-state index in [1.807, 2.05) is 0 Å². The van der Waals surface area contributed by atoms with Crippen LogP contribution in [0.3, 0.4) is 0 Å². The molecule has 0 saturated carbocycles. The minimum Gasteiger partial charge on any atom is -0.497 e. The van der Waals surface area contributed by atoms with Gasteiger partial charge in [-0.1, -0.05) is 23.2 Å². The number of pyridine rings is 1. The molecular formula is C18H13Cl2N3O2. The number of ether oxygens (including phenoxy) is 2. The molecule has 0 saturated heterocycles. The molecule has 0 atom stereocenters. The van der Waals surface area contributed by atoms with Gasteiger partial charge >= 0.3 is 0 Å². The summed E-state index contributed by atoms with van der Waals surface area (Å²) in [7, 11) is 3.11. The Kier molecular flexibility index (Phi) is 4.84. The quantitative estimate of drug-likeness (QED) is 0.682. The molecule has 5 nitrogen and oxygen atoms in total. The lowest BCUT2D eigenvalue weighted by Crippen LogP contribution is -2.00. The number of nitrogens with zero attached hydrogens (tertiary/aromatic N) is 2. The van der Waals surface area contributed by atoms with Crippen molar-refractivity contribution in [1.29, 1.82) is 5.26 Å². The zero-order valence-corrected chi connectivity index (χ0v) is 14.9. The monoisotopic (exact) mass is 373 g/mol. The van der Waals surface area contributed by atoms with Crippen LogP contribution in [0.25, 0.3) is 10.9 Å². The minimum atomic E-state index is 0.363. The van der Waals surface area contributed by atoms with E-state index in [4.69, 9.17) is 32.7 Å². The number of hydrogen-bond acceptors (Lipinski definition) is 5. The van der Waals surface area contributed by atoms with Gasteiger partial charge in [-0.3, -0.25) is 4.98 Å². The Balaban J connectivity index is 2.26. The van der Waals surface area contributed by atoms with Crippen molar-refractivity contribution in [3.05, 3.63) is 52.1 Å². The van der Waals surface area contributed by atoms with Crippen LogP contribution in [-0.4, -0.2) is 19.2 Å². The van der Waals surface area contributed by atoms with E-state index in [0.717, 1.165) is 0 Å². The largest absolute Gasteiger partial charge is 0.497 e. The lowest BCUT2D eigenvalue weighted by molar-refractivity contribution is 0.398. The van der Waals surface area contributed by atoms with Crippen LogP contribution < -0.4 is 14.8 Å². The number of rotatable bonds is 4. The van der Waals surface area contributed by atoms with Crippen LogP contribution in [0.5, 0.6) is 11.5 Å². The number of nitrogens with one attached hydrogen (secondary N) is 1. The summed E-state index contributed by atoms with van der Waals surface area (Å²) in [6.07, 6.45) is 1.49. The van der Waals surface area contributed by atoms with E-state index in [1.54, 1.807) is 44.6 Å². The maximum Gasteiger partial charge on any atom is 0.134 e. The highest BCUT2D eigenvalue weighted by molar-refractivity contribution is 6.36. The highest BCUT2D eigenvalue weighted by Crippen LogP contribution is 2.39. The van der Waals surface area contributed by atoms with Crippen molar-refractivity contribution in [2.75, 3.05) is 19.5 Å². The van der Waals surface area contributed by atoms with E-state index >= 15 is 0 Å². The van der Waals surface area contributed by atoms with E-state index in [2.05, 4.69) is 16.4 Å². The van der Waals surface area contributed by atoms with E-state index in [0.29, 0.717) is 49.4 Å². The molecule has 0 bridgehead atoms. The van der Waals surface area contributed by atoms with E-state index in [-0.39, 0.29) is 0 Å². The lowest BCUT2D eigenvalue weighted by atomic mass is 10.1. The van der Waals surface area contributed by atoms with Crippen LogP contribution in [0.1, 0.15) is 5.56 Å². The van der Waals surface area contributed by atoms with Crippen LogP contribution in [0.2, 0.25) is 10.0 Å². The van der Waals surface area contributed by atoms with Crippen molar-refractivity contribution in [2.45, 2.75) is 0 Å². The zero-order chi connectivity index (χ0) is 18.0. The van der Waals surface area contributed by atoms with Crippen LogP contribution in [-0.2, 0) is 0 Å². The summed E-state index contributed by atoms with van der Waals surface area (Å²) < 4.78 is 10.7. The third-order valence-corrected chi connectivity index (χ3v) is 4.22. The second-order valence-corrected chi connectivity index (χ2v) is 5.98. The van der Waals surface area contributed by atoms with Gasteiger partial charge in [-0.15, -0.1) is 0 Å². The third kappa shape index (κ3) is 3.27. The standard InChI is InChI=1S/C18H13Cl2N3O2/c1-24-12-6-15-17(16(7-12)25-2)18(10(8-21)9-22-15)23-14-4-3-11(19)5-13(14)20/h3-7,9H,1-2H3,(H,22,23). The molecule has 25 heavy (non-hydrogen) atoms. The molecule has 3 aromatic rings. The molecule has 0 radical (unpaired) electrons. The van der Waals surface area contributed by atoms with Crippen LogP contribution >= 0.6 is 23.2 Å². The van der Waals surface area contributed by atoms with Gasteiger partial charge in [0.15, 0.2) is 0 Å². The fraction of sp³-hybridized carbons (Fsp3) is 0.111. The number of anilines is 2. The summed E-state index contributed by atoms with van der Waals surface area (Å²) in [6.45, 7) is 0. The molecule has 0 fully saturated rings. The number of nitriles is 1. The van der Waals surface area contributed by atoms with Gasteiger partial charge in [0.1, 0.15) is 17.6 Å². The second kappa shape index (κ2) is 7.06. The first-order valence-electron chi connectivity index (χ1n) is 7.24. The van der Waals surface area contributed by atoms with Crippen molar-refractivity contribution in [3.63, 3.8) is 0 Å². The number of hydrogen-bond donors (Lipinski definition) is 1. The minimum absolute atomic E-state index is 0.363. The van der Waals surface area contributed by atoms with Gasteiger partial charge in [-0.2, -0.15) is 5.26 Å². The lowest BCUT2D eigenvalue weighted by Gasteiger charge is -2.16. The van der Waals surface area contributed by atoms with Gasteiger partial charge in [-0.25, -0.2) is 0 Å². The Bertz CT molecular complexity index is 1000. The molecule has 1 aromatic heterocycles. The smallest absolute Gasteiger partial charge is 0.134 e. The van der Waals surface area contributed by atoms with Gasteiger partial charge in [0.05, 0.1) is 47.1 Å². The molecule has 1 N–H and O–H groups in total. The highest BCUT2D eigenvalue weighted by Gasteiger charge is 2.16. The Morgan fingerprint density at radius 1 is 1.12 bits per heavy atom. The summed E-state index contributed by atoms with van der Waals surface area (Å²) in [5.74, 6) is 1.14. The molecule has 7 heteroatoms. The Labute approximate surface area is 154 Å². The fourth-order valence-corrected chi connectivity index (χ4v) is 2.94. The highest BCUT2D eigenvalue weighted by atomic mass is 35.5. The summed E-state index contributed by atoms with van der Waals surface area (Å²) in [4.78, 5) is 4.33. The van der Waals surface area contributed by atoms with Crippen molar-refractivity contribution in [1.82, 2.24) is 4.98 Å². The maximum absolute atomic E-state index is 9.48. The number of fused-ring (bicyclic) bond motifs is 1. The SMILES string of the molecule is COc1cc(OC)c2c(Nc3ccc(Cl)cc3Cl)c(C#N)cnc2c1. The number of halogens is 2. The first-order chi connectivity index (χ1) is 12.1. The van der Waals surface area contributed by atoms with Crippen molar-refractivity contribution >= 4 is 45.5 Å². The predicted octanol–water partition coefficient (Wildman–Crippen LogP) is 5.17. The van der Waals surface area contributed by atoms with Crippen LogP contribution in [0.4, 0.5) is 11.4 Å². The van der Waals surface area contributed by atoms with E-state index in [1.165, 1.54) is 6.20 Å². The average molecular weight is 374 g/mol. The molecule has 0 aliphatic carbocycles. The molecule has 0 aliphatic heterocycles. The molecule has 3 rings (SSSR count). The van der Waals surface area contributed by atoms with Crippen molar-refractivity contribution in [2.24, 2.45) is 0 Å². The Morgan fingerprint density at radius 3 is 2.56 bits per heavy atom. The van der Waals surface area contributed by atoms with Gasteiger partial charge in [-0.05, 0) is 18.2 Å². The molecule has 2 aromatic carbocycles. The molecule has 0 unspecified atom stereocenters. The van der Waals surface area contributed by atoms with E-state index in [9.17, 15) is 5.26 Å². The molecule has 1 heterocycles. The normalized spacial score (nSPS) is 10.4. The molecule has 0 aliphatic rings. The summed E-state index contributed by atoms with van der Waals surface area (Å²) in [6, 6.07) is 10.7. The van der Waals surface area contributed by atoms with Crippen molar-refractivity contribution in [3.8, 4) is 17.6 Å². The molecule has 0 amide bonds. The summed E-state index contributed by atoms with van der Waals surface area (Å²) in [5, 5.41) is 14.3. The first kappa shape index (κ1) is 17.2. The zero-order valence-electron chi connectivity index (χ0n) is 13.4. The summed E-state index contributed by atoms with van der Waals surface area (Å²) in [5.41, 5.74) is 2.16. The molecule has 126 valence electrons. The summed E-state index contributed by atoms with van der Waals surface area (Å²) >= 11 is 12.2. The van der Waals surface area contributed by atoms with E-state index < -0.39 is 0 Å². The third-order valence-electron chi connectivity index (χ3n) is 3.67. The average Bonchev–Trinajstić information content (AvgIpc) is 2.62. The Hall–Kier alpha value is -2.68. The molecule has 0 spiro atoms. The number of benzene rings is 2. The number of aromatic nitrogens is 1. The fourth-order valence-electron chi connectivity index (χ4n) is 2.48. The second-order valence-electron chi connectivity index (χ2n) is 5.13. The Morgan fingerprint density at radius 2 is 1.92 bits per heavy atom. The van der Waals surface area contributed by atoms with Gasteiger partial charge < -0.3 is 14.8 Å². The first-order valence-corrected chi connectivity index (χ1v) is 8.00. The van der Waals surface area contributed by atoms with Gasteiger partial charge in [0, 0.05) is 23.4 Å². The maximum atomic E-state index is 9.48. The van der Waals surface area contributed by atoms with Crippen LogP contribution in [0, 0.1) is 11.3 Å².